The van der Waals surface area contributed by atoms with Crippen LogP contribution in [0.3, 0.4) is 0 Å². The average Bonchev–Trinajstić information content (AvgIpc) is 3.81. The van der Waals surface area contributed by atoms with E-state index in [0.29, 0.717) is 16.7 Å². The summed E-state index contributed by atoms with van der Waals surface area (Å²) in [5.41, 5.74) is 3.98. The number of carbonyl (C=O) groups is 3. The molecule has 0 aliphatic carbocycles. The van der Waals surface area contributed by atoms with Crippen molar-refractivity contribution >= 4 is 17.9 Å². The predicted molar refractivity (Wildman–Crippen MR) is 203 cm³/mol. The van der Waals surface area contributed by atoms with Gasteiger partial charge in [0.25, 0.3) is 0 Å². The summed E-state index contributed by atoms with van der Waals surface area (Å²) in [6, 6.07) is 20.6. The Labute approximate surface area is 340 Å². The highest BCUT2D eigenvalue weighted by atomic mass is 16.7. The van der Waals surface area contributed by atoms with Gasteiger partial charge in [-0.1, -0.05) is 53.1 Å². The molecule has 3 saturated heterocycles. The van der Waals surface area contributed by atoms with E-state index >= 15 is 0 Å². The lowest BCUT2D eigenvalue weighted by atomic mass is 10.1. The number of hydrogen-bond acceptors (Lipinski definition) is 18. The molecule has 0 amide bonds. The molecule has 3 unspecified atom stereocenters. The van der Waals surface area contributed by atoms with Crippen LogP contribution in [0.2, 0.25) is 0 Å². The SMILES string of the molecule is COC1O[C@@H](CO)[C@H](O)[C@@H]1O.COC1O[C@@H](COC(=O)c2ccc(C)cc2)[C@H](OC(=O)c2ccc(C)cc2)[C@@H]1OC(=O)c1ccc(C)cc1.OC[C@@H]1OC(O)[C@@H](O)[C@H]1O. The number of ether oxygens (including phenoxy) is 8. The first-order valence-corrected chi connectivity index (χ1v) is 18.5. The largest absolute Gasteiger partial charge is 0.459 e. The molecule has 0 bridgehead atoms. The maximum atomic E-state index is 13.0. The van der Waals surface area contributed by atoms with Gasteiger partial charge in [0, 0.05) is 14.2 Å². The van der Waals surface area contributed by atoms with Crippen molar-refractivity contribution in [2.75, 3.05) is 34.0 Å². The van der Waals surface area contributed by atoms with Crippen molar-refractivity contribution in [3.63, 3.8) is 0 Å². The van der Waals surface area contributed by atoms with E-state index in [4.69, 9.17) is 64.2 Å². The van der Waals surface area contributed by atoms with Crippen molar-refractivity contribution in [3.05, 3.63) is 106 Å². The van der Waals surface area contributed by atoms with E-state index in [0.717, 1.165) is 16.7 Å². The number of aliphatic hydroxyl groups excluding tert-OH is 7. The molecule has 18 heteroatoms. The van der Waals surface area contributed by atoms with Crippen LogP contribution in [0.1, 0.15) is 47.8 Å². The number of rotatable bonds is 11. The molecule has 3 heterocycles. The van der Waals surface area contributed by atoms with Crippen LogP contribution in [0.5, 0.6) is 0 Å². The molecule has 3 aromatic carbocycles. The van der Waals surface area contributed by atoms with Gasteiger partial charge in [-0.25, -0.2) is 14.4 Å². The van der Waals surface area contributed by atoms with Gasteiger partial charge in [0.05, 0.1) is 29.9 Å². The molecular weight excluding hydrogens is 780 g/mol. The second kappa shape index (κ2) is 22.3. The topological polar surface area (TPSA) is 267 Å². The molecule has 3 aliphatic heterocycles. The smallest absolute Gasteiger partial charge is 0.338 e. The Hall–Kier alpha value is -4.41. The maximum absolute atomic E-state index is 13.0. The Balaban J connectivity index is 0.000000296. The summed E-state index contributed by atoms with van der Waals surface area (Å²) in [6.07, 6.45) is -12.7. The first-order valence-electron chi connectivity index (χ1n) is 18.5. The van der Waals surface area contributed by atoms with Crippen molar-refractivity contribution in [2.24, 2.45) is 0 Å². The Morgan fingerprint density at radius 3 is 1.25 bits per heavy atom. The molecule has 3 fully saturated rings. The second-order valence-electron chi connectivity index (χ2n) is 13.9. The third kappa shape index (κ3) is 12.6. The first-order chi connectivity index (χ1) is 28.1. The molecule has 7 N–H and O–H groups in total. The van der Waals surface area contributed by atoms with Crippen LogP contribution in [0.25, 0.3) is 0 Å². The highest BCUT2D eigenvalue weighted by molar-refractivity contribution is 5.91. The lowest BCUT2D eigenvalue weighted by Crippen LogP contribution is -2.42. The highest BCUT2D eigenvalue weighted by Gasteiger charge is 2.51. The minimum atomic E-state index is -1.38. The van der Waals surface area contributed by atoms with E-state index in [1.54, 1.807) is 72.8 Å². The molecule has 12 atom stereocenters. The van der Waals surface area contributed by atoms with E-state index in [1.165, 1.54) is 14.2 Å². The minimum Gasteiger partial charge on any atom is -0.459 e. The van der Waals surface area contributed by atoms with E-state index in [1.807, 2.05) is 20.8 Å². The number of benzene rings is 3. The zero-order valence-corrected chi connectivity index (χ0v) is 33.1. The Bertz CT molecular complexity index is 1750. The third-order valence-corrected chi connectivity index (χ3v) is 9.47. The number of aryl methyl sites for hydroxylation is 3. The van der Waals surface area contributed by atoms with Crippen molar-refractivity contribution in [3.8, 4) is 0 Å². The van der Waals surface area contributed by atoms with Crippen LogP contribution < -0.4 is 0 Å². The number of methoxy groups -OCH3 is 2. The maximum Gasteiger partial charge on any atom is 0.338 e. The normalized spacial score (nSPS) is 29.7. The van der Waals surface area contributed by atoms with Crippen LogP contribution in [0.4, 0.5) is 0 Å². The van der Waals surface area contributed by atoms with E-state index in [-0.39, 0.29) is 13.2 Å². The second-order valence-corrected chi connectivity index (χ2v) is 13.9. The summed E-state index contributed by atoms with van der Waals surface area (Å²) in [4.78, 5) is 38.6. The number of hydrogen-bond donors (Lipinski definition) is 7. The van der Waals surface area contributed by atoms with Gasteiger partial charge in [-0.05, 0) is 57.2 Å². The molecule has 59 heavy (non-hydrogen) atoms. The quantitative estimate of drug-likeness (QED) is 0.0996. The first kappa shape index (κ1) is 47.3. The van der Waals surface area contributed by atoms with E-state index < -0.39 is 98.3 Å². The van der Waals surface area contributed by atoms with Gasteiger partial charge >= 0.3 is 17.9 Å². The van der Waals surface area contributed by atoms with Gasteiger partial charge in [-0.2, -0.15) is 0 Å². The van der Waals surface area contributed by atoms with Crippen LogP contribution in [0.15, 0.2) is 72.8 Å². The minimum absolute atomic E-state index is 0.253. The molecule has 6 rings (SSSR count). The average molecular weight is 833 g/mol. The van der Waals surface area contributed by atoms with Crippen LogP contribution in [-0.2, 0) is 37.9 Å². The van der Waals surface area contributed by atoms with Crippen molar-refractivity contribution in [1.29, 1.82) is 0 Å². The van der Waals surface area contributed by atoms with Crippen LogP contribution in [0, 0.1) is 20.8 Å². The molecule has 0 spiro atoms. The van der Waals surface area contributed by atoms with Gasteiger partial charge < -0.3 is 73.6 Å². The van der Waals surface area contributed by atoms with Crippen molar-refractivity contribution in [1.82, 2.24) is 0 Å². The third-order valence-electron chi connectivity index (χ3n) is 9.47. The molecule has 0 saturated carbocycles. The van der Waals surface area contributed by atoms with Gasteiger partial charge in [0.15, 0.2) is 31.1 Å². The fourth-order valence-electron chi connectivity index (χ4n) is 5.92. The van der Waals surface area contributed by atoms with Crippen LogP contribution in [-0.4, -0.2) is 161 Å². The lowest BCUT2D eigenvalue weighted by molar-refractivity contribution is -0.155. The fraction of sp³-hybridized carbons (Fsp3) is 0.488. The summed E-state index contributed by atoms with van der Waals surface area (Å²) in [5.74, 6) is -1.83. The summed E-state index contributed by atoms with van der Waals surface area (Å²) >= 11 is 0. The Morgan fingerprint density at radius 2 is 0.898 bits per heavy atom. The summed E-state index contributed by atoms with van der Waals surface area (Å²) < 4.78 is 42.5. The monoisotopic (exact) mass is 832 g/mol. The molecule has 3 aromatic rings. The summed E-state index contributed by atoms with van der Waals surface area (Å²) in [7, 11) is 2.75. The summed E-state index contributed by atoms with van der Waals surface area (Å²) in [5, 5.41) is 61.9. The number of carbonyl (C=O) groups excluding carboxylic acids is 3. The lowest BCUT2D eigenvalue weighted by Gasteiger charge is -2.24. The molecule has 0 aromatic heterocycles. The Morgan fingerprint density at radius 1 is 0.508 bits per heavy atom. The molecular formula is C41H52O18. The molecule has 324 valence electrons. The van der Waals surface area contributed by atoms with Crippen molar-refractivity contribution < 1.29 is 88.0 Å². The number of esters is 3. The fourth-order valence-corrected chi connectivity index (χ4v) is 5.92. The zero-order chi connectivity index (χ0) is 43.4. The molecule has 18 nitrogen and oxygen atoms in total. The van der Waals surface area contributed by atoms with E-state index in [9.17, 15) is 14.4 Å². The van der Waals surface area contributed by atoms with Gasteiger partial charge in [-0.15, -0.1) is 0 Å². The molecule has 0 radical (unpaired) electrons. The Kier molecular flexibility index (Phi) is 17.8. The van der Waals surface area contributed by atoms with Crippen LogP contribution >= 0.6 is 0 Å². The molecule has 3 aliphatic rings. The van der Waals surface area contributed by atoms with Gasteiger partial charge in [-0.3, -0.25) is 0 Å². The van der Waals surface area contributed by atoms with Gasteiger partial charge in [0.1, 0.15) is 49.3 Å². The number of aliphatic hydroxyl groups is 7. The highest BCUT2D eigenvalue weighted by Crippen LogP contribution is 2.30. The predicted octanol–water partition coefficient (Wildman–Crippen LogP) is 0.0807. The standard InChI is InChI=1S/C30H30O8.C6H12O5.C5H10O5/c1-18-5-11-21(12-6-18)27(31)35-17-24-25(37-28(32)22-13-7-19(2)8-14-22)26(30(34-4)36-24)38-29(33)23-15-9-20(3)10-16-23;1-10-6-5(9)4(8)3(2-7)11-6;6-1-2-3(7)4(8)5(9)10-2/h5-16,24-26,30H,17H2,1-4H3;3-9H,2H2,1H3;2-9H,1H2/t24-,25-,26-,30?;3-,4-,5-,6?;2-,3-,4-,5?/m000/s1. The van der Waals surface area contributed by atoms with E-state index in [2.05, 4.69) is 9.47 Å². The summed E-state index contributed by atoms with van der Waals surface area (Å²) in [6.45, 7) is 4.74. The van der Waals surface area contributed by atoms with Crippen molar-refractivity contribution in [2.45, 2.75) is 94.6 Å². The zero-order valence-electron chi connectivity index (χ0n) is 33.1. The van der Waals surface area contributed by atoms with Gasteiger partial charge in [0.2, 0.25) is 0 Å².